The highest BCUT2D eigenvalue weighted by Gasteiger charge is 2.53. The molecule has 1 atom stereocenters. The Morgan fingerprint density at radius 3 is 2.42 bits per heavy atom. The van der Waals surface area contributed by atoms with Crippen LogP contribution in [0.3, 0.4) is 0 Å². The van der Waals surface area contributed by atoms with Gasteiger partial charge in [-0.25, -0.2) is 8.42 Å². The number of carbonyl (C=O) groups excluding carboxylic acids is 1. The second-order valence-corrected chi connectivity index (χ2v) is 9.62. The smallest absolute Gasteiger partial charge is 0.303 e. The number of nitrogens with one attached hydrogen (secondary N) is 1. The predicted molar refractivity (Wildman–Crippen MR) is 98.7 cm³/mol. The minimum atomic E-state index is -3.85. The van der Waals surface area contributed by atoms with Crippen molar-refractivity contribution in [3.05, 3.63) is 29.3 Å². The Hall–Kier alpha value is -1.89. The summed E-state index contributed by atoms with van der Waals surface area (Å²) >= 11 is 0. The quantitative estimate of drug-likeness (QED) is 0.756. The topological polar surface area (TPSA) is 101 Å². The van der Waals surface area contributed by atoms with E-state index in [1.165, 1.54) is 0 Å². The fourth-order valence-corrected chi connectivity index (χ4v) is 5.97. The summed E-state index contributed by atoms with van der Waals surface area (Å²) in [4.78, 5) is 23.9. The predicted octanol–water partition coefficient (Wildman–Crippen LogP) is 2.62. The van der Waals surface area contributed by atoms with Crippen molar-refractivity contribution in [1.82, 2.24) is 5.32 Å². The van der Waals surface area contributed by atoms with E-state index in [0.29, 0.717) is 31.2 Å². The lowest BCUT2D eigenvalue weighted by Gasteiger charge is -2.29. The van der Waals surface area contributed by atoms with Crippen LogP contribution < -0.4 is 5.32 Å². The van der Waals surface area contributed by atoms with E-state index in [4.69, 9.17) is 5.11 Å². The number of carboxylic acids is 1. The third kappa shape index (κ3) is 3.92. The number of carbonyl (C=O) groups is 2. The first-order chi connectivity index (χ1) is 12.1. The van der Waals surface area contributed by atoms with Crippen LogP contribution in [-0.4, -0.2) is 36.7 Å². The van der Waals surface area contributed by atoms with Crippen molar-refractivity contribution in [3.63, 3.8) is 0 Å². The van der Waals surface area contributed by atoms with Crippen molar-refractivity contribution in [2.24, 2.45) is 5.92 Å². The van der Waals surface area contributed by atoms with Crippen LogP contribution in [-0.2, 0) is 19.4 Å². The van der Waals surface area contributed by atoms with Gasteiger partial charge in [0, 0.05) is 13.0 Å². The monoisotopic (exact) mass is 381 g/mol. The summed E-state index contributed by atoms with van der Waals surface area (Å²) < 4.78 is 25.4. The number of aliphatic carboxylic acids is 1. The Kier molecular flexibility index (Phi) is 6.11. The number of amides is 1. The molecule has 0 aromatic heterocycles. The lowest BCUT2D eigenvalue weighted by Crippen LogP contribution is -2.51. The lowest BCUT2D eigenvalue weighted by atomic mass is 10.0. The number of carboxylic acid groups (broad SMARTS) is 1. The Labute approximate surface area is 154 Å². The molecule has 2 rings (SSSR count). The molecule has 0 saturated heterocycles. The highest BCUT2D eigenvalue weighted by molar-refractivity contribution is 7.93. The van der Waals surface area contributed by atoms with Crippen LogP contribution in [0.25, 0.3) is 0 Å². The second-order valence-electron chi connectivity index (χ2n) is 7.39. The molecule has 26 heavy (non-hydrogen) atoms. The minimum absolute atomic E-state index is 0.0724. The molecule has 6 nitrogen and oxygen atoms in total. The Morgan fingerprint density at radius 2 is 1.85 bits per heavy atom. The zero-order chi connectivity index (χ0) is 19.5. The molecule has 1 aromatic rings. The average Bonchev–Trinajstić information content (AvgIpc) is 3.05. The Morgan fingerprint density at radius 1 is 1.23 bits per heavy atom. The molecule has 1 fully saturated rings. The van der Waals surface area contributed by atoms with Gasteiger partial charge < -0.3 is 10.4 Å². The van der Waals surface area contributed by atoms with Crippen molar-refractivity contribution in [1.29, 1.82) is 0 Å². The third-order valence-electron chi connectivity index (χ3n) is 5.11. The van der Waals surface area contributed by atoms with E-state index >= 15 is 0 Å². The van der Waals surface area contributed by atoms with Crippen LogP contribution in [0.5, 0.6) is 0 Å². The van der Waals surface area contributed by atoms with Gasteiger partial charge in [0.05, 0.1) is 4.90 Å². The van der Waals surface area contributed by atoms with E-state index in [0.717, 1.165) is 5.56 Å². The molecule has 1 unspecified atom stereocenters. The fraction of sp³-hybridized carbons (Fsp3) is 0.579. The molecule has 0 spiro atoms. The summed E-state index contributed by atoms with van der Waals surface area (Å²) in [5.74, 6) is -1.71. The lowest BCUT2D eigenvalue weighted by molar-refractivity contribution is -0.138. The van der Waals surface area contributed by atoms with E-state index < -0.39 is 26.5 Å². The summed E-state index contributed by atoms with van der Waals surface area (Å²) in [5.41, 5.74) is 1.46. The first-order valence-electron chi connectivity index (χ1n) is 8.92. The molecule has 0 aliphatic heterocycles. The summed E-state index contributed by atoms with van der Waals surface area (Å²) in [6.07, 6.45) is 1.88. The molecule has 0 bridgehead atoms. The van der Waals surface area contributed by atoms with E-state index in [9.17, 15) is 18.0 Å². The van der Waals surface area contributed by atoms with Crippen molar-refractivity contribution in [3.8, 4) is 0 Å². The molecule has 7 heteroatoms. The molecule has 0 heterocycles. The van der Waals surface area contributed by atoms with Gasteiger partial charge in [0.25, 0.3) is 0 Å². The Bertz CT molecular complexity index is 794. The van der Waals surface area contributed by atoms with Gasteiger partial charge in [-0.2, -0.15) is 0 Å². The van der Waals surface area contributed by atoms with Crippen LogP contribution in [0.2, 0.25) is 0 Å². The molecule has 1 amide bonds. The normalized spacial score (nSPS) is 17.7. The van der Waals surface area contributed by atoms with Crippen molar-refractivity contribution in [2.45, 2.75) is 62.5 Å². The van der Waals surface area contributed by atoms with Crippen molar-refractivity contribution in [2.75, 3.05) is 6.54 Å². The standard InChI is InChI=1S/C19H27NO5S/c1-13-6-7-15(3)16(10-13)26(24,25)19(8-4-5-9-19)18(23)20-12-14(2)11-17(21)22/h6-7,10,14H,4-5,8-9,11-12H2,1-3H3,(H,20,23)(H,21,22). The van der Waals surface area contributed by atoms with Crippen LogP contribution in [0.4, 0.5) is 0 Å². The summed E-state index contributed by atoms with van der Waals surface area (Å²) in [6.45, 7) is 5.43. The van der Waals surface area contributed by atoms with Crippen molar-refractivity contribution < 1.29 is 23.1 Å². The van der Waals surface area contributed by atoms with Gasteiger partial charge in [-0.3, -0.25) is 9.59 Å². The summed E-state index contributed by atoms with van der Waals surface area (Å²) in [5, 5.41) is 11.5. The maximum absolute atomic E-state index is 13.4. The van der Waals surface area contributed by atoms with E-state index in [2.05, 4.69) is 5.32 Å². The number of hydrogen-bond acceptors (Lipinski definition) is 4. The van der Waals surface area contributed by atoms with E-state index in [-0.39, 0.29) is 23.8 Å². The highest BCUT2D eigenvalue weighted by Crippen LogP contribution is 2.41. The van der Waals surface area contributed by atoms with Crippen LogP contribution in [0, 0.1) is 19.8 Å². The van der Waals surface area contributed by atoms with Crippen molar-refractivity contribution >= 4 is 21.7 Å². The number of sulfone groups is 1. The zero-order valence-electron chi connectivity index (χ0n) is 15.5. The van der Waals surface area contributed by atoms with Gasteiger partial charge in [-0.1, -0.05) is 31.9 Å². The molecule has 1 aliphatic carbocycles. The van der Waals surface area contributed by atoms with Crippen LogP contribution >= 0.6 is 0 Å². The molecule has 1 aliphatic rings. The molecule has 0 radical (unpaired) electrons. The number of benzene rings is 1. The maximum atomic E-state index is 13.4. The Balaban J connectivity index is 2.32. The van der Waals surface area contributed by atoms with Crippen LogP contribution in [0.15, 0.2) is 23.1 Å². The second kappa shape index (κ2) is 7.78. The molecule has 2 N–H and O–H groups in total. The average molecular weight is 381 g/mol. The molecule has 1 saturated carbocycles. The maximum Gasteiger partial charge on any atom is 0.303 e. The summed E-state index contributed by atoms with van der Waals surface area (Å²) in [7, 11) is -3.85. The number of aryl methyl sites for hydroxylation is 2. The number of hydrogen-bond donors (Lipinski definition) is 2. The van der Waals surface area contributed by atoms with Gasteiger partial charge in [0.2, 0.25) is 5.91 Å². The van der Waals surface area contributed by atoms with Gasteiger partial charge in [-0.15, -0.1) is 0 Å². The SMILES string of the molecule is Cc1ccc(C)c(S(=O)(=O)C2(C(=O)NCC(C)CC(=O)O)CCCC2)c1. The van der Waals surface area contributed by atoms with Gasteiger partial charge in [-0.05, 0) is 49.8 Å². The van der Waals surface area contributed by atoms with Gasteiger partial charge in [0.15, 0.2) is 14.6 Å². The largest absolute Gasteiger partial charge is 0.481 e. The third-order valence-corrected chi connectivity index (χ3v) is 7.75. The van der Waals surface area contributed by atoms with E-state index in [1.807, 2.05) is 13.0 Å². The highest BCUT2D eigenvalue weighted by atomic mass is 32.2. The fourth-order valence-electron chi connectivity index (χ4n) is 3.57. The number of rotatable bonds is 7. The zero-order valence-corrected chi connectivity index (χ0v) is 16.4. The van der Waals surface area contributed by atoms with E-state index in [1.54, 1.807) is 26.0 Å². The molecular formula is C19H27NO5S. The van der Waals surface area contributed by atoms with Crippen LogP contribution in [0.1, 0.15) is 50.2 Å². The first-order valence-corrected chi connectivity index (χ1v) is 10.4. The van der Waals surface area contributed by atoms with Gasteiger partial charge >= 0.3 is 5.97 Å². The molecular weight excluding hydrogens is 354 g/mol. The first kappa shape index (κ1) is 20.4. The molecule has 1 aromatic carbocycles. The minimum Gasteiger partial charge on any atom is -0.481 e. The summed E-state index contributed by atoms with van der Waals surface area (Å²) in [6, 6.07) is 5.24. The molecule has 144 valence electrons. The van der Waals surface area contributed by atoms with Gasteiger partial charge in [0.1, 0.15) is 0 Å².